The Morgan fingerprint density at radius 1 is 1.12 bits per heavy atom. The summed E-state index contributed by atoms with van der Waals surface area (Å²) in [6.45, 7) is 5.01. The quantitative estimate of drug-likeness (QED) is 0.792. The summed E-state index contributed by atoms with van der Waals surface area (Å²) >= 11 is 5.79. The maximum absolute atomic E-state index is 12.0. The average Bonchev–Trinajstić information content (AvgIpc) is 2.58. The molecule has 1 N–H and O–H groups in total. The molecule has 0 bridgehead atoms. The van der Waals surface area contributed by atoms with E-state index in [-0.39, 0.29) is 6.61 Å². The number of carbonyl (C=O) groups excluding carboxylic acids is 2. The van der Waals surface area contributed by atoms with Crippen LogP contribution in [0.2, 0.25) is 5.02 Å². The van der Waals surface area contributed by atoms with Gasteiger partial charge >= 0.3 is 5.97 Å². The average molecular weight is 362 g/mol. The van der Waals surface area contributed by atoms with Crippen molar-refractivity contribution in [3.8, 4) is 5.75 Å². The Morgan fingerprint density at radius 3 is 2.48 bits per heavy atom. The normalized spacial score (nSPS) is 11.5. The fraction of sp³-hybridized carbons (Fsp3) is 0.263. The molecule has 0 aliphatic heterocycles. The number of halogens is 1. The zero-order chi connectivity index (χ0) is 18.4. The molecule has 1 amide bonds. The SMILES string of the molecule is Cc1ccc(C)c(NC(=O)COC(=O)C(C)Oc2ccc(Cl)cc2)c1. The van der Waals surface area contributed by atoms with Gasteiger partial charge in [0, 0.05) is 10.7 Å². The van der Waals surface area contributed by atoms with Crippen molar-refractivity contribution in [2.24, 2.45) is 0 Å². The lowest BCUT2D eigenvalue weighted by molar-refractivity contribution is -0.153. The third-order valence-corrected chi connectivity index (χ3v) is 3.72. The van der Waals surface area contributed by atoms with Crippen LogP contribution < -0.4 is 10.1 Å². The van der Waals surface area contributed by atoms with Crippen molar-refractivity contribution in [1.29, 1.82) is 0 Å². The summed E-state index contributed by atoms with van der Waals surface area (Å²) < 4.78 is 10.5. The molecular formula is C19H20ClNO4. The molecule has 2 rings (SSSR count). The standard InChI is InChI=1S/C19H20ClNO4/c1-12-4-5-13(2)17(10-12)21-18(22)11-24-19(23)14(3)25-16-8-6-15(20)7-9-16/h4-10,14H,11H2,1-3H3,(H,21,22). The molecule has 0 aliphatic rings. The van der Waals surface area contributed by atoms with Gasteiger partial charge in [0.2, 0.25) is 0 Å². The molecule has 1 atom stereocenters. The summed E-state index contributed by atoms with van der Waals surface area (Å²) in [4.78, 5) is 23.9. The first kappa shape index (κ1) is 18.8. The van der Waals surface area contributed by atoms with Crippen molar-refractivity contribution in [1.82, 2.24) is 0 Å². The Kier molecular flexibility index (Phi) is 6.42. The number of benzene rings is 2. The van der Waals surface area contributed by atoms with Crippen molar-refractivity contribution in [2.75, 3.05) is 11.9 Å². The highest BCUT2D eigenvalue weighted by Gasteiger charge is 2.18. The number of amides is 1. The Labute approximate surface area is 151 Å². The van der Waals surface area contributed by atoms with Crippen LogP contribution in [-0.2, 0) is 14.3 Å². The topological polar surface area (TPSA) is 64.6 Å². The predicted molar refractivity (Wildman–Crippen MR) is 97.0 cm³/mol. The van der Waals surface area contributed by atoms with Crippen molar-refractivity contribution < 1.29 is 19.1 Å². The Hall–Kier alpha value is -2.53. The second-order valence-corrected chi connectivity index (χ2v) is 6.12. The zero-order valence-corrected chi connectivity index (χ0v) is 15.1. The summed E-state index contributed by atoms with van der Waals surface area (Å²) in [6, 6.07) is 12.4. The summed E-state index contributed by atoms with van der Waals surface area (Å²) in [6.07, 6.45) is -0.838. The van der Waals surface area contributed by atoms with Gasteiger partial charge < -0.3 is 14.8 Å². The maximum Gasteiger partial charge on any atom is 0.347 e. The van der Waals surface area contributed by atoms with Crippen molar-refractivity contribution >= 4 is 29.2 Å². The number of ether oxygens (including phenoxy) is 2. The van der Waals surface area contributed by atoms with E-state index in [4.69, 9.17) is 21.1 Å². The van der Waals surface area contributed by atoms with Crippen LogP contribution in [0.3, 0.4) is 0 Å². The van der Waals surface area contributed by atoms with E-state index in [0.717, 1.165) is 11.1 Å². The molecule has 0 heterocycles. The number of anilines is 1. The van der Waals surface area contributed by atoms with E-state index in [0.29, 0.717) is 16.5 Å². The molecule has 2 aromatic rings. The highest BCUT2D eigenvalue weighted by atomic mass is 35.5. The van der Waals surface area contributed by atoms with Gasteiger partial charge in [0.25, 0.3) is 5.91 Å². The van der Waals surface area contributed by atoms with Crippen LogP contribution in [0.25, 0.3) is 0 Å². The van der Waals surface area contributed by atoms with Crippen molar-refractivity contribution in [3.05, 3.63) is 58.6 Å². The fourth-order valence-corrected chi connectivity index (χ4v) is 2.20. The highest BCUT2D eigenvalue weighted by Crippen LogP contribution is 2.18. The van der Waals surface area contributed by atoms with Crippen LogP contribution in [0.1, 0.15) is 18.1 Å². The molecule has 0 radical (unpaired) electrons. The first-order valence-electron chi connectivity index (χ1n) is 7.81. The summed E-state index contributed by atoms with van der Waals surface area (Å²) in [5.74, 6) is -0.527. The second kappa shape index (κ2) is 8.53. The minimum Gasteiger partial charge on any atom is -0.479 e. The fourth-order valence-electron chi connectivity index (χ4n) is 2.08. The lowest BCUT2D eigenvalue weighted by Crippen LogP contribution is -2.29. The molecule has 0 saturated carbocycles. The lowest BCUT2D eigenvalue weighted by Gasteiger charge is -2.14. The van der Waals surface area contributed by atoms with Gasteiger partial charge in [-0.05, 0) is 62.2 Å². The Morgan fingerprint density at radius 2 is 1.80 bits per heavy atom. The highest BCUT2D eigenvalue weighted by molar-refractivity contribution is 6.30. The van der Waals surface area contributed by atoms with E-state index in [2.05, 4.69) is 5.32 Å². The number of hydrogen-bond acceptors (Lipinski definition) is 4. The predicted octanol–water partition coefficient (Wildman–Crippen LogP) is 3.91. The maximum atomic E-state index is 12.0. The van der Waals surface area contributed by atoms with E-state index in [1.807, 2.05) is 32.0 Å². The molecule has 2 aromatic carbocycles. The van der Waals surface area contributed by atoms with Gasteiger partial charge in [-0.1, -0.05) is 23.7 Å². The number of carbonyl (C=O) groups is 2. The monoisotopic (exact) mass is 361 g/mol. The van der Waals surface area contributed by atoms with E-state index in [1.54, 1.807) is 31.2 Å². The van der Waals surface area contributed by atoms with Gasteiger partial charge in [0.05, 0.1) is 0 Å². The van der Waals surface area contributed by atoms with Gasteiger partial charge in [-0.25, -0.2) is 4.79 Å². The number of esters is 1. The van der Waals surface area contributed by atoms with E-state index in [9.17, 15) is 9.59 Å². The van der Waals surface area contributed by atoms with Crippen LogP contribution in [0.4, 0.5) is 5.69 Å². The third kappa shape index (κ3) is 5.80. The smallest absolute Gasteiger partial charge is 0.347 e. The molecule has 6 heteroatoms. The summed E-state index contributed by atoms with van der Waals surface area (Å²) in [5.41, 5.74) is 2.67. The summed E-state index contributed by atoms with van der Waals surface area (Å²) in [5, 5.41) is 3.30. The molecule has 25 heavy (non-hydrogen) atoms. The van der Waals surface area contributed by atoms with Crippen LogP contribution >= 0.6 is 11.6 Å². The summed E-state index contributed by atoms with van der Waals surface area (Å²) in [7, 11) is 0. The van der Waals surface area contributed by atoms with Crippen LogP contribution in [0, 0.1) is 13.8 Å². The van der Waals surface area contributed by atoms with Gasteiger partial charge in [-0.15, -0.1) is 0 Å². The van der Waals surface area contributed by atoms with Crippen LogP contribution in [0.15, 0.2) is 42.5 Å². The van der Waals surface area contributed by atoms with Crippen molar-refractivity contribution in [3.63, 3.8) is 0 Å². The molecule has 0 fully saturated rings. The first-order chi connectivity index (χ1) is 11.8. The number of rotatable bonds is 6. The third-order valence-electron chi connectivity index (χ3n) is 3.47. The molecule has 1 unspecified atom stereocenters. The first-order valence-corrected chi connectivity index (χ1v) is 8.19. The van der Waals surface area contributed by atoms with Crippen LogP contribution in [0.5, 0.6) is 5.75 Å². The molecule has 0 aliphatic carbocycles. The number of nitrogens with one attached hydrogen (secondary N) is 1. The lowest BCUT2D eigenvalue weighted by atomic mass is 10.1. The molecular weight excluding hydrogens is 342 g/mol. The van der Waals surface area contributed by atoms with Gasteiger partial charge in [-0.2, -0.15) is 0 Å². The van der Waals surface area contributed by atoms with Crippen LogP contribution in [-0.4, -0.2) is 24.6 Å². The molecule has 5 nitrogen and oxygen atoms in total. The zero-order valence-electron chi connectivity index (χ0n) is 14.3. The van der Waals surface area contributed by atoms with Gasteiger partial charge in [0.1, 0.15) is 5.75 Å². The number of aryl methyl sites for hydroxylation is 2. The minimum atomic E-state index is -0.838. The minimum absolute atomic E-state index is 0.374. The largest absolute Gasteiger partial charge is 0.479 e. The van der Waals surface area contributed by atoms with Gasteiger partial charge in [0.15, 0.2) is 12.7 Å². The van der Waals surface area contributed by atoms with Crippen molar-refractivity contribution in [2.45, 2.75) is 26.9 Å². The molecule has 0 saturated heterocycles. The molecule has 0 aromatic heterocycles. The second-order valence-electron chi connectivity index (χ2n) is 5.69. The number of hydrogen-bond donors (Lipinski definition) is 1. The molecule has 0 spiro atoms. The Bertz CT molecular complexity index is 759. The molecule has 132 valence electrons. The van der Waals surface area contributed by atoms with E-state index in [1.165, 1.54) is 0 Å². The van der Waals surface area contributed by atoms with E-state index < -0.39 is 18.0 Å². The van der Waals surface area contributed by atoms with E-state index >= 15 is 0 Å². The van der Waals surface area contributed by atoms with Gasteiger partial charge in [-0.3, -0.25) is 4.79 Å². The Balaban J connectivity index is 1.83.